The van der Waals surface area contributed by atoms with Crippen LogP contribution in [0.25, 0.3) is 6.08 Å². The van der Waals surface area contributed by atoms with Gasteiger partial charge in [-0.15, -0.1) is 0 Å². The van der Waals surface area contributed by atoms with Crippen molar-refractivity contribution in [2.45, 2.75) is 0 Å². The van der Waals surface area contributed by atoms with Crippen LogP contribution in [0.3, 0.4) is 0 Å². The molecule has 58 valence electrons. The molecule has 1 rings (SSSR count). The molecule has 0 aromatic heterocycles. The van der Waals surface area contributed by atoms with Gasteiger partial charge in [-0.25, -0.2) is 4.39 Å². The van der Waals surface area contributed by atoms with Crippen LogP contribution in [0, 0.1) is 5.82 Å². The smallest absolute Gasteiger partial charge is 0.123 e. The Labute approximate surface area is 65.3 Å². The van der Waals surface area contributed by atoms with Crippen LogP contribution in [0.15, 0.2) is 30.3 Å². The minimum atomic E-state index is -0.213. The number of hydrogen-bond acceptors (Lipinski definition) is 1. The molecule has 0 bridgehead atoms. The highest BCUT2D eigenvalue weighted by Crippen LogP contribution is 2.03. The molecule has 0 aliphatic carbocycles. The van der Waals surface area contributed by atoms with Gasteiger partial charge in [-0.2, -0.15) is 0 Å². The van der Waals surface area contributed by atoms with Crippen LogP contribution in [0.1, 0.15) is 5.56 Å². The van der Waals surface area contributed by atoms with Gasteiger partial charge >= 0.3 is 0 Å². The predicted molar refractivity (Wildman–Crippen MR) is 44.5 cm³/mol. The molecule has 0 saturated heterocycles. The minimum Gasteiger partial charge on any atom is -0.327 e. The molecule has 1 aromatic carbocycles. The molecule has 1 aromatic rings. The standard InChI is InChI=1S/C9H10FN/c10-9-5-3-8(4-6-9)2-1-7-11/h1-6H,7,11H2. The van der Waals surface area contributed by atoms with Crippen LogP contribution >= 0.6 is 0 Å². The normalized spacial score (nSPS) is 10.7. The van der Waals surface area contributed by atoms with Crippen molar-refractivity contribution >= 4 is 6.08 Å². The first-order valence-corrected chi connectivity index (χ1v) is 3.45. The lowest BCUT2D eigenvalue weighted by Crippen LogP contribution is -1.91. The van der Waals surface area contributed by atoms with Crippen LogP contribution in [0.4, 0.5) is 4.39 Å². The van der Waals surface area contributed by atoms with Crippen LogP contribution < -0.4 is 5.73 Å². The maximum Gasteiger partial charge on any atom is 0.123 e. The molecule has 0 saturated carbocycles. The van der Waals surface area contributed by atoms with E-state index in [0.717, 1.165) is 5.56 Å². The van der Waals surface area contributed by atoms with Gasteiger partial charge < -0.3 is 5.73 Å². The van der Waals surface area contributed by atoms with Crippen molar-refractivity contribution in [2.75, 3.05) is 6.54 Å². The number of benzene rings is 1. The summed E-state index contributed by atoms with van der Waals surface area (Å²) in [4.78, 5) is 0. The van der Waals surface area contributed by atoms with E-state index in [0.29, 0.717) is 6.54 Å². The molecule has 0 radical (unpaired) electrons. The molecule has 0 heterocycles. The average Bonchev–Trinajstić information content (AvgIpc) is 2.04. The first-order valence-electron chi connectivity index (χ1n) is 3.45. The van der Waals surface area contributed by atoms with Gasteiger partial charge in [0.2, 0.25) is 0 Å². The van der Waals surface area contributed by atoms with Gasteiger partial charge in [-0.1, -0.05) is 24.3 Å². The first-order chi connectivity index (χ1) is 5.33. The van der Waals surface area contributed by atoms with Crippen molar-refractivity contribution in [3.05, 3.63) is 41.7 Å². The average molecular weight is 151 g/mol. The van der Waals surface area contributed by atoms with Crippen LogP contribution in [0.2, 0.25) is 0 Å². The van der Waals surface area contributed by atoms with E-state index >= 15 is 0 Å². The third-order valence-corrected chi connectivity index (χ3v) is 1.32. The van der Waals surface area contributed by atoms with Crippen molar-refractivity contribution in [2.24, 2.45) is 5.73 Å². The maximum absolute atomic E-state index is 12.4. The summed E-state index contributed by atoms with van der Waals surface area (Å²) < 4.78 is 12.4. The second-order valence-corrected chi connectivity index (χ2v) is 2.19. The van der Waals surface area contributed by atoms with E-state index in [9.17, 15) is 4.39 Å². The number of hydrogen-bond donors (Lipinski definition) is 1. The van der Waals surface area contributed by atoms with E-state index in [1.54, 1.807) is 12.1 Å². The van der Waals surface area contributed by atoms with Crippen LogP contribution in [0.5, 0.6) is 0 Å². The Bertz CT molecular complexity index is 238. The van der Waals surface area contributed by atoms with Crippen molar-refractivity contribution in [1.82, 2.24) is 0 Å². The Morgan fingerprint density at radius 1 is 1.27 bits per heavy atom. The maximum atomic E-state index is 12.4. The fourth-order valence-electron chi connectivity index (χ4n) is 0.778. The van der Waals surface area contributed by atoms with Gasteiger partial charge in [0, 0.05) is 6.54 Å². The molecule has 2 N–H and O–H groups in total. The number of nitrogens with two attached hydrogens (primary N) is 1. The molecule has 0 spiro atoms. The van der Waals surface area contributed by atoms with Crippen molar-refractivity contribution < 1.29 is 4.39 Å². The van der Waals surface area contributed by atoms with Gasteiger partial charge in [0.1, 0.15) is 5.82 Å². The van der Waals surface area contributed by atoms with Crippen molar-refractivity contribution in [1.29, 1.82) is 0 Å². The second kappa shape index (κ2) is 3.88. The number of rotatable bonds is 2. The van der Waals surface area contributed by atoms with E-state index in [4.69, 9.17) is 5.73 Å². The molecule has 1 nitrogen and oxygen atoms in total. The Morgan fingerprint density at radius 3 is 2.45 bits per heavy atom. The van der Waals surface area contributed by atoms with Gasteiger partial charge in [0.25, 0.3) is 0 Å². The third-order valence-electron chi connectivity index (χ3n) is 1.32. The summed E-state index contributed by atoms with van der Waals surface area (Å²) in [6.45, 7) is 0.511. The Morgan fingerprint density at radius 2 is 1.91 bits per heavy atom. The van der Waals surface area contributed by atoms with E-state index in [-0.39, 0.29) is 5.82 Å². The first kappa shape index (κ1) is 7.95. The molecule has 11 heavy (non-hydrogen) atoms. The fraction of sp³-hybridized carbons (Fsp3) is 0.111. The number of halogens is 1. The lowest BCUT2D eigenvalue weighted by Gasteiger charge is -1.91. The molecular weight excluding hydrogens is 141 g/mol. The Balaban J connectivity index is 2.73. The molecule has 0 atom stereocenters. The van der Waals surface area contributed by atoms with Gasteiger partial charge in [-0.05, 0) is 17.7 Å². The Kier molecular flexibility index (Phi) is 2.81. The fourth-order valence-corrected chi connectivity index (χ4v) is 0.778. The van der Waals surface area contributed by atoms with Crippen LogP contribution in [-0.4, -0.2) is 6.54 Å². The molecule has 2 heteroatoms. The lowest BCUT2D eigenvalue weighted by molar-refractivity contribution is 0.628. The highest BCUT2D eigenvalue weighted by atomic mass is 19.1. The van der Waals surface area contributed by atoms with E-state index in [1.165, 1.54) is 12.1 Å². The molecular formula is C9H10FN. The van der Waals surface area contributed by atoms with Gasteiger partial charge in [0.05, 0.1) is 0 Å². The summed E-state index contributed by atoms with van der Waals surface area (Å²) >= 11 is 0. The highest BCUT2D eigenvalue weighted by Gasteiger charge is 1.86. The van der Waals surface area contributed by atoms with Crippen LogP contribution in [-0.2, 0) is 0 Å². The van der Waals surface area contributed by atoms with Crippen molar-refractivity contribution in [3.8, 4) is 0 Å². The quantitative estimate of drug-likeness (QED) is 0.685. The van der Waals surface area contributed by atoms with Crippen molar-refractivity contribution in [3.63, 3.8) is 0 Å². The van der Waals surface area contributed by atoms with Gasteiger partial charge in [0.15, 0.2) is 0 Å². The van der Waals surface area contributed by atoms with E-state index < -0.39 is 0 Å². The molecule has 0 amide bonds. The highest BCUT2D eigenvalue weighted by molar-refractivity contribution is 5.48. The largest absolute Gasteiger partial charge is 0.327 e. The van der Waals surface area contributed by atoms with Gasteiger partial charge in [-0.3, -0.25) is 0 Å². The topological polar surface area (TPSA) is 26.0 Å². The Hall–Kier alpha value is -1.15. The SMILES string of the molecule is NCC=Cc1ccc(F)cc1. The zero-order chi connectivity index (χ0) is 8.10. The lowest BCUT2D eigenvalue weighted by atomic mass is 10.2. The summed E-state index contributed by atoms with van der Waals surface area (Å²) in [6, 6.07) is 6.27. The predicted octanol–water partition coefficient (Wildman–Crippen LogP) is 1.80. The third kappa shape index (κ3) is 2.51. The van der Waals surface area contributed by atoms with E-state index in [1.807, 2.05) is 12.2 Å². The monoisotopic (exact) mass is 151 g/mol. The summed E-state index contributed by atoms with van der Waals surface area (Å²) in [5.74, 6) is -0.213. The summed E-state index contributed by atoms with van der Waals surface area (Å²) in [5.41, 5.74) is 6.21. The van der Waals surface area contributed by atoms with E-state index in [2.05, 4.69) is 0 Å². The minimum absolute atomic E-state index is 0.213. The molecule has 0 aliphatic heterocycles. The summed E-state index contributed by atoms with van der Waals surface area (Å²) in [7, 11) is 0. The zero-order valence-corrected chi connectivity index (χ0v) is 6.13. The summed E-state index contributed by atoms with van der Waals surface area (Å²) in [5, 5.41) is 0. The zero-order valence-electron chi connectivity index (χ0n) is 6.13. The summed E-state index contributed by atoms with van der Waals surface area (Å²) in [6.07, 6.45) is 3.69. The molecule has 0 aliphatic rings. The second-order valence-electron chi connectivity index (χ2n) is 2.19. The molecule has 0 fully saturated rings. The molecule has 0 unspecified atom stereocenters.